The highest BCUT2D eigenvalue weighted by Crippen LogP contribution is 2.24. The smallest absolute Gasteiger partial charge is 0.139 e. The van der Waals surface area contributed by atoms with E-state index in [1.54, 1.807) is 17.4 Å². The maximum absolute atomic E-state index is 13.3. The average molecular weight is 300 g/mol. The molecule has 1 aromatic heterocycles. The summed E-state index contributed by atoms with van der Waals surface area (Å²) in [6.45, 7) is 2.69. The molecule has 0 atom stereocenters. The summed E-state index contributed by atoms with van der Waals surface area (Å²) in [7, 11) is 0. The minimum Gasteiger partial charge on any atom is -0.381 e. The van der Waals surface area contributed by atoms with E-state index in [-0.39, 0.29) is 5.82 Å². The van der Waals surface area contributed by atoms with Crippen LogP contribution in [0, 0.1) is 12.7 Å². The number of hydrogen-bond donors (Lipinski definition) is 1. The van der Waals surface area contributed by atoms with Crippen LogP contribution < -0.4 is 5.32 Å². The van der Waals surface area contributed by atoms with E-state index in [1.165, 1.54) is 11.6 Å². The fourth-order valence-corrected chi connectivity index (χ4v) is 2.55. The predicted molar refractivity (Wildman–Crippen MR) is 70.5 cm³/mol. The standard InChI is InChI=1S/C12H11BrFNS/c1-8-4-10(13)11(14)5-12(8)15-6-9-2-3-16-7-9/h2-5,7,15H,6H2,1H3. The molecule has 0 saturated heterocycles. The maximum atomic E-state index is 13.3. The van der Waals surface area contributed by atoms with Crippen LogP contribution in [0.1, 0.15) is 11.1 Å². The summed E-state index contributed by atoms with van der Waals surface area (Å²) in [6.07, 6.45) is 0. The number of aryl methyl sites for hydroxylation is 1. The summed E-state index contributed by atoms with van der Waals surface area (Å²) in [5.41, 5.74) is 3.09. The molecule has 0 spiro atoms. The molecular weight excluding hydrogens is 289 g/mol. The van der Waals surface area contributed by atoms with Crippen molar-refractivity contribution in [3.63, 3.8) is 0 Å². The van der Waals surface area contributed by atoms with E-state index in [9.17, 15) is 4.39 Å². The molecule has 0 unspecified atom stereocenters. The van der Waals surface area contributed by atoms with E-state index in [2.05, 4.69) is 32.7 Å². The first kappa shape index (κ1) is 11.6. The molecule has 0 aliphatic carbocycles. The summed E-state index contributed by atoms with van der Waals surface area (Å²) in [6, 6.07) is 5.36. The Balaban J connectivity index is 2.12. The van der Waals surface area contributed by atoms with Crippen LogP contribution in [0.15, 0.2) is 33.4 Å². The van der Waals surface area contributed by atoms with Gasteiger partial charge in [0.15, 0.2) is 0 Å². The molecule has 0 aliphatic rings. The van der Waals surface area contributed by atoms with Crippen LogP contribution in [0.2, 0.25) is 0 Å². The van der Waals surface area contributed by atoms with Gasteiger partial charge in [-0.3, -0.25) is 0 Å². The van der Waals surface area contributed by atoms with Crippen molar-refractivity contribution in [1.29, 1.82) is 0 Å². The number of rotatable bonds is 3. The first-order valence-electron chi connectivity index (χ1n) is 4.87. The van der Waals surface area contributed by atoms with Gasteiger partial charge in [0.1, 0.15) is 5.82 Å². The van der Waals surface area contributed by atoms with Crippen LogP contribution in [0.4, 0.5) is 10.1 Å². The third-order valence-electron chi connectivity index (χ3n) is 2.33. The molecule has 1 N–H and O–H groups in total. The van der Waals surface area contributed by atoms with Crippen molar-refractivity contribution in [1.82, 2.24) is 0 Å². The molecule has 1 aromatic carbocycles. The lowest BCUT2D eigenvalue weighted by Gasteiger charge is -2.09. The largest absolute Gasteiger partial charge is 0.381 e. The van der Waals surface area contributed by atoms with E-state index in [0.29, 0.717) is 4.47 Å². The Bertz CT molecular complexity index is 482. The quantitative estimate of drug-likeness (QED) is 0.875. The number of benzene rings is 1. The molecule has 1 nitrogen and oxygen atoms in total. The summed E-state index contributed by atoms with van der Waals surface area (Å²) in [5, 5.41) is 7.34. The molecular formula is C12H11BrFNS. The molecule has 84 valence electrons. The molecule has 1 heterocycles. The summed E-state index contributed by atoms with van der Waals surface area (Å²) in [4.78, 5) is 0. The van der Waals surface area contributed by atoms with Crippen molar-refractivity contribution >= 4 is 33.0 Å². The fraction of sp³-hybridized carbons (Fsp3) is 0.167. The summed E-state index contributed by atoms with van der Waals surface area (Å²) < 4.78 is 13.8. The lowest BCUT2D eigenvalue weighted by Crippen LogP contribution is -2.00. The average Bonchev–Trinajstić information content (AvgIpc) is 2.74. The topological polar surface area (TPSA) is 12.0 Å². The second kappa shape index (κ2) is 4.97. The molecule has 0 amide bonds. The van der Waals surface area contributed by atoms with Crippen LogP contribution in [-0.4, -0.2) is 0 Å². The third kappa shape index (κ3) is 2.62. The fourth-order valence-electron chi connectivity index (χ4n) is 1.43. The van der Waals surface area contributed by atoms with Crippen LogP contribution in [0.5, 0.6) is 0 Å². The minimum atomic E-state index is -0.238. The first-order chi connectivity index (χ1) is 7.66. The van der Waals surface area contributed by atoms with Crippen molar-refractivity contribution in [3.05, 3.63) is 50.4 Å². The lowest BCUT2D eigenvalue weighted by atomic mass is 10.2. The van der Waals surface area contributed by atoms with Gasteiger partial charge in [-0.2, -0.15) is 11.3 Å². The molecule has 16 heavy (non-hydrogen) atoms. The number of hydrogen-bond acceptors (Lipinski definition) is 2. The van der Waals surface area contributed by atoms with Gasteiger partial charge in [0.05, 0.1) is 4.47 Å². The zero-order chi connectivity index (χ0) is 11.5. The molecule has 0 saturated carbocycles. The van der Waals surface area contributed by atoms with E-state index >= 15 is 0 Å². The molecule has 2 aromatic rings. The van der Waals surface area contributed by atoms with Crippen LogP contribution >= 0.6 is 27.3 Å². The van der Waals surface area contributed by atoms with Gasteiger partial charge in [0, 0.05) is 12.2 Å². The molecule has 0 fully saturated rings. The SMILES string of the molecule is Cc1cc(Br)c(F)cc1NCc1ccsc1. The van der Waals surface area contributed by atoms with E-state index < -0.39 is 0 Å². The van der Waals surface area contributed by atoms with E-state index in [4.69, 9.17) is 0 Å². The summed E-state index contributed by atoms with van der Waals surface area (Å²) >= 11 is 4.83. The van der Waals surface area contributed by atoms with E-state index in [1.807, 2.05) is 12.3 Å². The molecule has 0 bridgehead atoms. The van der Waals surface area contributed by atoms with Gasteiger partial charge >= 0.3 is 0 Å². The van der Waals surface area contributed by atoms with Gasteiger partial charge in [-0.05, 0) is 62.9 Å². The Morgan fingerprint density at radius 1 is 1.44 bits per heavy atom. The van der Waals surface area contributed by atoms with Crippen LogP contribution in [0.3, 0.4) is 0 Å². The Labute approximate surface area is 106 Å². The second-order valence-electron chi connectivity index (χ2n) is 3.57. The van der Waals surface area contributed by atoms with Crippen molar-refractivity contribution in [2.45, 2.75) is 13.5 Å². The maximum Gasteiger partial charge on any atom is 0.139 e. The van der Waals surface area contributed by atoms with Crippen LogP contribution in [-0.2, 0) is 6.54 Å². The highest BCUT2D eigenvalue weighted by Gasteiger charge is 2.04. The van der Waals surface area contributed by atoms with Crippen molar-refractivity contribution in [2.75, 3.05) is 5.32 Å². The Morgan fingerprint density at radius 2 is 2.25 bits per heavy atom. The number of halogens is 2. The molecule has 0 radical (unpaired) electrons. The van der Waals surface area contributed by atoms with Gasteiger partial charge < -0.3 is 5.32 Å². The second-order valence-corrected chi connectivity index (χ2v) is 5.20. The highest BCUT2D eigenvalue weighted by molar-refractivity contribution is 9.10. The monoisotopic (exact) mass is 299 g/mol. The Morgan fingerprint density at radius 3 is 2.94 bits per heavy atom. The van der Waals surface area contributed by atoms with Gasteiger partial charge in [0.2, 0.25) is 0 Å². The number of thiophene rings is 1. The Hall–Kier alpha value is -0.870. The van der Waals surface area contributed by atoms with Crippen molar-refractivity contribution < 1.29 is 4.39 Å². The van der Waals surface area contributed by atoms with Gasteiger partial charge in [0.25, 0.3) is 0 Å². The van der Waals surface area contributed by atoms with Crippen molar-refractivity contribution in [3.8, 4) is 0 Å². The first-order valence-corrected chi connectivity index (χ1v) is 6.61. The van der Waals surface area contributed by atoms with Crippen LogP contribution in [0.25, 0.3) is 0 Å². The highest BCUT2D eigenvalue weighted by atomic mass is 79.9. The van der Waals surface area contributed by atoms with Gasteiger partial charge in [-0.1, -0.05) is 0 Å². The number of nitrogens with one attached hydrogen (secondary N) is 1. The minimum absolute atomic E-state index is 0.238. The zero-order valence-corrected chi connectivity index (χ0v) is 11.2. The molecule has 2 rings (SSSR count). The number of anilines is 1. The van der Waals surface area contributed by atoms with Gasteiger partial charge in [-0.15, -0.1) is 0 Å². The van der Waals surface area contributed by atoms with Crippen molar-refractivity contribution in [2.24, 2.45) is 0 Å². The summed E-state index contributed by atoms with van der Waals surface area (Å²) in [5.74, 6) is -0.238. The normalized spacial score (nSPS) is 10.4. The zero-order valence-electron chi connectivity index (χ0n) is 8.76. The van der Waals surface area contributed by atoms with Gasteiger partial charge in [-0.25, -0.2) is 4.39 Å². The molecule has 0 aliphatic heterocycles. The van der Waals surface area contributed by atoms with E-state index in [0.717, 1.165) is 17.8 Å². The lowest BCUT2D eigenvalue weighted by molar-refractivity contribution is 0.621. The Kier molecular flexibility index (Phi) is 3.61. The molecule has 4 heteroatoms. The predicted octanol–water partition coefficient (Wildman–Crippen LogP) is 4.57. The third-order valence-corrected chi connectivity index (χ3v) is 3.67.